The van der Waals surface area contributed by atoms with Crippen LogP contribution in [0.3, 0.4) is 0 Å². The number of hydrogen-bond acceptors (Lipinski definition) is 5. The molecule has 3 rings (SSSR count). The fourth-order valence-electron chi connectivity index (χ4n) is 2.90. The van der Waals surface area contributed by atoms with Gasteiger partial charge in [0.15, 0.2) is 0 Å². The Morgan fingerprint density at radius 3 is 2.54 bits per heavy atom. The maximum Gasteiger partial charge on any atom is 0.307 e. The standard InChI is InChI=1S/C16H16ClN3O4/c1-16(2)11(12(16)15(22)23)14(21)18-7-10-19-13(20-24-10)8-3-5-9(17)6-4-8/h3-6,11-12H,7H2,1-2H3,(H,18,21)(H,22,23)/t11-,12+/m1/s1. The second-order valence-corrected chi connectivity index (χ2v) is 6.79. The monoisotopic (exact) mass is 349 g/mol. The molecule has 0 radical (unpaired) electrons. The molecule has 1 aromatic carbocycles. The number of carboxylic acids is 1. The molecule has 1 fully saturated rings. The van der Waals surface area contributed by atoms with Crippen LogP contribution >= 0.6 is 11.6 Å². The summed E-state index contributed by atoms with van der Waals surface area (Å²) in [5, 5.41) is 16.2. The van der Waals surface area contributed by atoms with Crippen LogP contribution in [-0.4, -0.2) is 27.1 Å². The zero-order chi connectivity index (χ0) is 17.5. The Hall–Kier alpha value is -2.41. The molecule has 0 bridgehead atoms. The number of hydrogen-bond donors (Lipinski definition) is 2. The van der Waals surface area contributed by atoms with E-state index in [2.05, 4.69) is 15.5 Å². The fourth-order valence-corrected chi connectivity index (χ4v) is 3.03. The number of rotatable bonds is 5. The van der Waals surface area contributed by atoms with Crippen molar-refractivity contribution < 1.29 is 19.2 Å². The molecule has 0 aliphatic heterocycles. The Bertz CT molecular complexity index is 785. The van der Waals surface area contributed by atoms with E-state index in [1.807, 2.05) is 0 Å². The van der Waals surface area contributed by atoms with Crippen molar-refractivity contribution >= 4 is 23.5 Å². The van der Waals surface area contributed by atoms with Gasteiger partial charge < -0.3 is 14.9 Å². The Balaban J connectivity index is 1.61. The van der Waals surface area contributed by atoms with Crippen molar-refractivity contribution in [3.8, 4) is 11.4 Å². The first-order valence-corrected chi connectivity index (χ1v) is 7.77. The van der Waals surface area contributed by atoms with E-state index in [0.29, 0.717) is 10.8 Å². The van der Waals surface area contributed by atoms with Crippen molar-refractivity contribution in [1.29, 1.82) is 0 Å². The summed E-state index contributed by atoms with van der Waals surface area (Å²) in [6.45, 7) is 3.58. The summed E-state index contributed by atoms with van der Waals surface area (Å²) in [7, 11) is 0. The summed E-state index contributed by atoms with van der Waals surface area (Å²) in [6.07, 6.45) is 0. The van der Waals surface area contributed by atoms with Gasteiger partial charge in [0.25, 0.3) is 0 Å². The van der Waals surface area contributed by atoms with E-state index in [-0.39, 0.29) is 18.3 Å². The van der Waals surface area contributed by atoms with Crippen molar-refractivity contribution in [2.75, 3.05) is 0 Å². The Morgan fingerprint density at radius 1 is 1.29 bits per heavy atom. The molecule has 1 aliphatic carbocycles. The molecule has 24 heavy (non-hydrogen) atoms. The number of benzene rings is 1. The summed E-state index contributed by atoms with van der Waals surface area (Å²) >= 11 is 5.83. The van der Waals surface area contributed by atoms with E-state index in [0.717, 1.165) is 5.56 Å². The van der Waals surface area contributed by atoms with Gasteiger partial charge in [0.2, 0.25) is 17.6 Å². The molecule has 1 heterocycles. The first-order chi connectivity index (χ1) is 11.3. The molecule has 1 aliphatic rings. The van der Waals surface area contributed by atoms with Crippen LogP contribution in [0.2, 0.25) is 5.02 Å². The SMILES string of the molecule is CC1(C)[C@H](C(=O)O)[C@@H]1C(=O)NCc1nc(-c2ccc(Cl)cc2)no1. The summed E-state index contributed by atoms with van der Waals surface area (Å²) in [5.74, 6) is -1.84. The summed E-state index contributed by atoms with van der Waals surface area (Å²) in [5.41, 5.74) is 0.203. The molecular weight excluding hydrogens is 334 g/mol. The molecule has 7 nitrogen and oxygen atoms in total. The second-order valence-electron chi connectivity index (χ2n) is 6.35. The number of aromatic nitrogens is 2. The molecule has 0 unspecified atom stereocenters. The third-order valence-corrected chi connectivity index (χ3v) is 4.61. The molecule has 1 saturated carbocycles. The fraction of sp³-hybridized carbons (Fsp3) is 0.375. The highest BCUT2D eigenvalue weighted by Gasteiger charge is 2.65. The van der Waals surface area contributed by atoms with Gasteiger partial charge in [0.1, 0.15) is 0 Å². The topological polar surface area (TPSA) is 105 Å². The lowest BCUT2D eigenvalue weighted by Crippen LogP contribution is -2.27. The lowest BCUT2D eigenvalue weighted by Gasteiger charge is -2.02. The molecule has 0 spiro atoms. The summed E-state index contributed by atoms with van der Waals surface area (Å²) in [4.78, 5) is 27.5. The quantitative estimate of drug-likeness (QED) is 0.858. The predicted octanol–water partition coefficient (Wildman–Crippen LogP) is 2.36. The third-order valence-electron chi connectivity index (χ3n) is 4.36. The highest BCUT2D eigenvalue weighted by Crippen LogP contribution is 2.58. The van der Waals surface area contributed by atoms with Gasteiger partial charge in [0.05, 0.1) is 18.4 Å². The highest BCUT2D eigenvalue weighted by atomic mass is 35.5. The van der Waals surface area contributed by atoms with Gasteiger partial charge in [-0.25, -0.2) is 0 Å². The zero-order valence-corrected chi connectivity index (χ0v) is 13.9. The van der Waals surface area contributed by atoms with Gasteiger partial charge in [0, 0.05) is 10.6 Å². The smallest absolute Gasteiger partial charge is 0.307 e. The van der Waals surface area contributed by atoms with Crippen molar-refractivity contribution in [3.05, 3.63) is 35.2 Å². The van der Waals surface area contributed by atoms with Crippen LogP contribution < -0.4 is 5.32 Å². The number of amides is 1. The summed E-state index contributed by atoms with van der Waals surface area (Å²) in [6, 6.07) is 6.96. The molecule has 1 aromatic heterocycles. The van der Waals surface area contributed by atoms with Crippen molar-refractivity contribution in [1.82, 2.24) is 15.5 Å². The minimum absolute atomic E-state index is 0.0539. The normalized spacial score (nSPS) is 21.3. The van der Waals surface area contributed by atoms with Crippen molar-refractivity contribution in [2.45, 2.75) is 20.4 Å². The molecule has 0 saturated heterocycles. The molecule has 126 valence electrons. The van der Waals surface area contributed by atoms with Gasteiger partial charge in [-0.2, -0.15) is 4.98 Å². The highest BCUT2D eigenvalue weighted by molar-refractivity contribution is 6.30. The minimum atomic E-state index is -0.956. The first kappa shape index (κ1) is 16.4. The molecule has 1 amide bonds. The number of nitrogens with one attached hydrogen (secondary N) is 1. The van der Waals surface area contributed by atoms with Gasteiger partial charge in [-0.3, -0.25) is 9.59 Å². The average Bonchev–Trinajstić information content (AvgIpc) is 2.89. The zero-order valence-electron chi connectivity index (χ0n) is 13.1. The van der Waals surface area contributed by atoms with Gasteiger partial charge in [-0.15, -0.1) is 0 Å². The van der Waals surface area contributed by atoms with E-state index in [1.165, 1.54) is 0 Å². The lowest BCUT2D eigenvalue weighted by molar-refractivity contribution is -0.140. The van der Waals surface area contributed by atoms with Crippen molar-refractivity contribution in [3.63, 3.8) is 0 Å². The van der Waals surface area contributed by atoms with Crippen molar-refractivity contribution in [2.24, 2.45) is 17.3 Å². The van der Waals surface area contributed by atoms with Crippen LogP contribution in [0.1, 0.15) is 19.7 Å². The largest absolute Gasteiger partial charge is 0.481 e. The van der Waals surface area contributed by atoms with Crippen LogP contribution in [0, 0.1) is 17.3 Å². The Labute approximate surface area is 143 Å². The minimum Gasteiger partial charge on any atom is -0.481 e. The van der Waals surface area contributed by atoms with E-state index >= 15 is 0 Å². The number of aliphatic carboxylic acids is 1. The Kier molecular flexibility index (Phi) is 4.04. The maximum absolute atomic E-state index is 12.1. The van der Waals surface area contributed by atoms with E-state index in [4.69, 9.17) is 21.2 Å². The molecule has 2 atom stereocenters. The Morgan fingerprint density at radius 2 is 1.96 bits per heavy atom. The van der Waals surface area contributed by atoms with Gasteiger partial charge in [-0.05, 0) is 29.7 Å². The number of carbonyl (C=O) groups excluding carboxylic acids is 1. The van der Waals surface area contributed by atoms with Crippen LogP contribution in [0.15, 0.2) is 28.8 Å². The first-order valence-electron chi connectivity index (χ1n) is 7.39. The average molecular weight is 350 g/mol. The number of carbonyl (C=O) groups is 2. The van der Waals surface area contributed by atoms with Gasteiger partial charge >= 0.3 is 5.97 Å². The number of nitrogens with zero attached hydrogens (tertiary/aromatic N) is 2. The lowest BCUT2D eigenvalue weighted by atomic mass is 10.1. The van der Waals surface area contributed by atoms with Gasteiger partial charge in [-0.1, -0.05) is 30.6 Å². The van der Waals surface area contributed by atoms with Crippen LogP contribution in [0.25, 0.3) is 11.4 Å². The molecule has 2 aromatic rings. The van der Waals surface area contributed by atoms with E-state index in [1.54, 1.807) is 38.1 Å². The summed E-state index contributed by atoms with van der Waals surface area (Å²) < 4.78 is 5.10. The third kappa shape index (κ3) is 2.99. The maximum atomic E-state index is 12.1. The van der Waals surface area contributed by atoms with Crippen LogP contribution in [0.5, 0.6) is 0 Å². The van der Waals surface area contributed by atoms with Crippen LogP contribution in [-0.2, 0) is 16.1 Å². The molecule has 2 N–H and O–H groups in total. The van der Waals surface area contributed by atoms with Crippen LogP contribution in [0.4, 0.5) is 0 Å². The van der Waals surface area contributed by atoms with E-state index < -0.39 is 23.2 Å². The molecular formula is C16H16ClN3O4. The molecule has 8 heteroatoms. The number of carboxylic acid groups (broad SMARTS) is 1. The second kappa shape index (κ2) is 5.90. The van der Waals surface area contributed by atoms with E-state index in [9.17, 15) is 9.59 Å². The predicted molar refractivity (Wildman–Crippen MR) is 85.0 cm³/mol. The number of halogens is 1.